The Hall–Kier alpha value is -0.380. The second-order valence-corrected chi connectivity index (χ2v) is 8.29. The van der Waals surface area contributed by atoms with Crippen LogP contribution in [0.15, 0.2) is 12.2 Å². The molecule has 3 nitrogen and oxygen atoms in total. The van der Waals surface area contributed by atoms with Gasteiger partial charge < -0.3 is 9.84 Å². The van der Waals surface area contributed by atoms with E-state index in [1.54, 1.807) is 0 Å². The van der Waals surface area contributed by atoms with Gasteiger partial charge in [0.1, 0.15) is 0 Å². The zero-order valence-corrected chi connectivity index (χ0v) is 15.0. The second kappa shape index (κ2) is 7.46. The molecule has 0 aromatic carbocycles. The van der Waals surface area contributed by atoms with Crippen LogP contribution in [0.4, 0.5) is 0 Å². The number of piperidine rings is 1. The quantitative estimate of drug-likeness (QED) is 0.761. The summed E-state index contributed by atoms with van der Waals surface area (Å²) in [6.07, 6.45) is 6.19. The molecule has 0 bridgehead atoms. The van der Waals surface area contributed by atoms with Crippen LogP contribution in [-0.2, 0) is 4.74 Å². The summed E-state index contributed by atoms with van der Waals surface area (Å²) >= 11 is 0. The van der Waals surface area contributed by atoms with Crippen LogP contribution in [0.1, 0.15) is 59.8 Å². The van der Waals surface area contributed by atoms with E-state index in [9.17, 15) is 5.11 Å². The molecule has 1 saturated heterocycles. The minimum absolute atomic E-state index is 0.174. The Morgan fingerprint density at radius 2 is 2.05 bits per heavy atom. The zero-order valence-electron chi connectivity index (χ0n) is 15.0. The second-order valence-electron chi connectivity index (χ2n) is 8.29. The third-order valence-corrected chi connectivity index (χ3v) is 5.58. The summed E-state index contributed by atoms with van der Waals surface area (Å²) in [4.78, 5) is 2.59. The van der Waals surface area contributed by atoms with Gasteiger partial charge in [0, 0.05) is 18.1 Å². The maximum absolute atomic E-state index is 10.4. The number of rotatable bonds is 6. The van der Waals surface area contributed by atoms with E-state index in [2.05, 4.69) is 32.3 Å². The van der Waals surface area contributed by atoms with E-state index in [1.807, 2.05) is 6.92 Å². The molecule has 2 fully saturated rings. The summed E-state index contributed by atoms with van der Waals surface area (Å²) in [7, 11) is 0. The Morgan fingerprint density at radius 3 is 2.73 bits per heavy atom. The molecule has 0 radical (unpaired) electrons. The minimum atomic E-state index is -0.408. The molecular formula is C19H35NO2. The number of aliphatic hydroxyl groups excluding tert-OH is 1. The first-order chi connectivity index (χ1) is 10.3. The average Bonchev–Trinajstić information content (AvgIpc) is 2.42. The van der Waals surface area contributed by atoms with E-state index >= 15 is 0 Å². The van der Waals surface area contributed by atoms with E-state index in [0.717, 1.165) is 24.0 Å². The maximum atomic E-state index is 10.4. The van der Waals surface area contributed by atoms with Crippen molar-refractivity contribution in [2.24, 2.45) is 11.8 Å². The molecule has 0 aromatic rings. The zero-order chi connectivity index (χ0) is 16.3. The summed E-state index contributed by atoms with van der Waals surface area (Å²) in [6.45, 7) is 14.6. The van der Waals surface area contributed by atoms with Gasteiger partial charge in [0.05, 0.1) is 19.3 Å². The van der Waals surface area contributed by atoms with Gasteiger partial charge in [-0.15, -0.1) is 0 Å². The highest BCUT2D eigenvalue weighted by Gasteiger charge is 2.46. The summed E-state index contributed by atoms with van der Waals surface area (Å²) < 4.78 is 5.55. The number of hydrogen-bond donors (Lipinski definition) is 1. The molecule has 0 amide bonds. The third kappa shape index (κ3) is 4.33. The van der Waals surface area contributed by atoms with Crippen LogP contribution in [0.2, 0.25) is 0 Å². The normalized spacial score (nSPS) is 33.2. The van der Waals surface area contributed by atoms with Gasteiger partial charge in [-0.25, -0.2) is 0 Å². The van der Waals surface area contributed by atoms with Crippen LogP contribution in [0.5, 0.6) is 0 Å². The molecule has 1 aliphatic carbocycles. The molecule has 0 aromatic heterocycles. The van der Waals surface area contributed by atoms with Crippen molar-refractivity contribution in [1.82, 2.24) is 4.90 Å². The van der Waals surface area contributed by atoms with Gasteiger partial charge >= 0.3 is 0 Å². The molecule has 4 unspecified atom stereocenters. The Kier molecular flexibility index (Phi) is 6.09. The predicted molar refractivity (Wildman–Crippen MR) is 92.0 cm³/mol. The highest BCUT2D eigenvalue weighted by atomic mass is 16.5. The summed E-state index contributed by atoms with van der Waals surface area (Å²) in [5.74, 6) is 1.61. The highest BCUT2D eigenvalue weighted by molar-refractivity contribution is 5.00. The predicted octanol–water partition coefficient (Wildman–Crippen LogP) is 3.62. The number of hydrogen-bond acceptors (Lipinski definition) is 3. The third-order valence-electron chi connectivity index (χ3n) is 5.58. The lowest BCUT2D eigenvalue weighted by Gasteiger charge is -2.56. The van der Waals surface area contributed by atoms with Crippen LogP contribution >= 0.6 is 0 Å². The standard InChI is InChI=1S/C19H35NO2/c1-14(2)12-22-13-16(21)11-20-18-9-7-6-8-17(18)15(3)10-19(20,4)5/h15-18,21H,1,6-13H2,2-5H3. The van der Waals surface area contributed by atoms with E-state index in [-0.39, 0.29) is 5.54 Å². The SMILES string of the molecule is C=C(C)COCC(O)CN1C2CCCCC2C(C)CC1(C)C. The smallest absolute Gasteiger partial charge is 0.0900 e. The number of ether oxygens (including phenoxy) is 1. The fraction of sp³-hybridized carbons (Fsp3) is 0.895. The lowest BCUT2D eigenvalue weighted by molar-refractivity contribution is -0.0865. The molecule has 2 aliphatic rings. The number of β-amino-alcohol motifs (C(OH)–C–C–N with tert-alkyl or cyclic N) is 1. The van der Waals surface area contributed by atoms with E-state index in [1.165, 1.54) is 32.1 Å². The summed E-state index contributed by atoms with van der Waals surface area (Å²) in [5.41, 5.74) is 1.18. The molecule has 4 atom stereocenters. The van der Waals surface area contributed by atoms with Crippen molar-refractivity contribution < 1.29 is 9.84 Å². The lowest BCUT2D eigenvalue weighted by Crippen LogP contribution is -2.61. The van der Waals surface area contributed by atoms with Gasteiger partial charge in [-0.1, -0.05) is 31.9 Å². The van der Waals surface area contributed by atoms with E-state index < -0.39 is 6.10 Å². The molecule has 2 rings (SSSR count). The van der Waals surface area contributed by atoms with Crippen LogP contribution < -0.4 is 0 Å². The molecule has 3 heteroatoms. The highest BCUT2D eigenvalue weighted by Crippen LogP contribution is 2.45. The number of nitrogens with zero attached hydrogens (tertiary/aromatic N) is 1. The maximum Gasteiger partial charge on any atom is 0.0900 e. The molecule has 1 N–H and O–H groups in total. The number of fused-ring (bicyclic) bond motifs is 1. The van der Waals surface area contributed by atoms with Gasteiger partial charge in [-0.3, -0.25) is 4.90 Å². The van der Waals surface area contributed by atoms with Crippen LogP contribution in [-0.4, -0.2) is 47.4 Å². The minimum Gasteiger partial charge on any atom is -0.389 e. The first-order valence-corrected chi connectivity index (χ1v) is 8.98. The molecule has 1 heterocycles. The number of aliphatic hydroxyl groups is 1. The lowest BCUT2D eigenvalue weighted by atomic mass is 9.67. The van der Waals surface area contributed by atoms with Crippen LogP contribution in [0.25, 0.3) is 0 Å². The van der Waals surface area contributed by atoms with E-state index in [4.69, 9.17) is 4.74 Å². The topological polar surface area (TPSA) is 32.7 Å². The molecule has 0 spiro atoms. The Bertz CT molecular complexity index is 380. The number of likely N-dealkylation sites (tertiary alicyclic amines) is 1. The molecule has 1 aliphatic heterocycles. The summed E-state index contributed by atoms with van der Waals surface area (Å²) in [5, 5.41) is 10.4. The van der Waals surface area contributed by atoms with Crippen molar-refractivity contribution in [3.63, 3.8) is 0 Å². The van der Waals surface area contributed by atoms with Gasteiger partial charge in [0.15, 0.2) is 0 Å². The van der Waals surface area contributed by atoms with Gasteiger partial charge in [-0.05, 0) is 51.9 Å². The Balaban J connectivity index is 1.97. The van der Waals surface area contributed by atoms with Crippen molar-refractivity contribution in [2.45, 2.75) is 77.5 Å². The molecule has 128 valence electrons. The van der Waals surface area contributed by atoms with Crippen molar-refractivity contribution in [3.05, 3.63) is 12.2 Å². The van der Waals surface area contributed by atoms with Crippen LogP contribution in [0.3, 0.4) is 0 Å². The Labute approximate surface area is 136 Å². The average molecular weight is 309 g/mol. The Morgan fingerprint density at radius 1 is 1.36 bits per heavy atom. The van der Waals surface area contributed by atoms with Crippen molar-refractivity contribution >= 4 is 0 Å². The largest absolute Gasteiger partial charge is 0.389 e. The summed E-state index contributed by atoms with van der Waals surface area (Å²) in [6, 6.07) is 0.642. The molecule has 1 saturated carbocycles. The van der Waals surface area contributed by atoms with Gasteiger partial charge in [0.2, 0.25) is 0 Å². The fourth-order valence-corrected chi connectivity index (χ4v) is 4.73. The van der Waals surface area contributed by atoms with E-state index in [0.29, 0.717) is 19.3 Å². The van der Waals surface area contributed by atoms with Crippen LogP contribution in [0, 0.1) is 11.8 Å². The first kappa shape index (κ1) is 18.0. The van der Waals surface area contributed by atoms with Gasteiger partial charge in [-0.2, -0.15) is 0 Å². The van der Waals surface area contributed by atoms with Gasteiger partial charge in [0.25, 0.3) is 0 Å². The molecular weight excluding hydrogens is 274 g/mol. The molecule has 22 heavy (non-hydrogen) atoms. The first-order valence-electron chi connectivity index (χ1n) is 8.98. The van der Waals surface area contributed by atoms with Crippen molar-refractivity contribution in [2.75, 3.05) is 19.8 Å². The van der Waals surface area contributed by atoms with Crippen molar-refractivity contribution in [3.8, 4) is 0 Å². The monoisotopic (exact) mass is 309 g/mol. The fourth-order valence-electron chi connectivity index (χ4n) is 4.73. The van der Waals surface area contributed by atoms with Crippen molar-refractivity contribution in [1.29, 1.82) is 0 Å².